The summed E-state index contributed by atoms with van der Waals surface area (Å²) in [6.45, 7) is 3.50. The minimum atomic E-state index is -0.729. The smallest absolute Gasteiger partial charge is 0.338 e. The van der Waals surface area contributed by atoms with Gasteiger partial charge in [0.2, 0.25) is 0 Å². The van der Waals surface area contributed by atoms with Gasteiger partial charge in [0.1, 0.15) is 0 Å². The summed E-state index contributed by atoms with van der Waals surface area (Å²) >= 11 is 5.94. The van der Waals surface area contributed by atoms with E-state index >= 15 is 0 Å². The number of amides is 1. The molecule has 8 heteroatoms. The summed E-state index contributed by atoms with van der Waals surface area (Å²) in [6.07, 6.45) is 0. The summed E-state index contributed by atoms with van der Waals surface area (Å²) in [7, 11) is 0. The molecule has 0 aliphatic heterocycles. The van der Waals surface area contributed by atoms with Crippen molar-refractivity contribution in [2.45, 2.75) is 19.9 Å². The quantitative estimate of drug-likeness (QED) is 0.468. The SMILES string of the molecule is CCOC(=O)c1cc(C(=O)N[C@H](C)c2cccc(Cl)c2)cc([N+](=O)[O-])c1. The third kappa shape index (κ3) is 4.80. The Morgan fingerprint density at radius 3 is 2.54 bits per heavy atom. The van der Waals surface area contributed by atoms with Crippen LogP contribution >= 0.6 is 11.6 Å². The Balaban J connectivity index is 2.29. The molecule has 2 rings (SSSR count). The summed E-state index contributed by atoms with van der Waals surface area (Å²) < 4.78 is 4.85. The Labute approximate surface area is 155 Å². The van der Waals surface area contributed by atoms with Crippen LogP contribution < -0.4 is 5.32 Å². The first-order valence-corrected chi connectivity index (χ1v) is 8.22. The maximum atomic E-state index is 12.5. The molecular formula is C18H17ClN2O5. The van der Waals surface area contributed by atoms with Gasteiger partial charge in [0.05, 0.1) is 23.1 Å². The van der Waals surface area contributed by atoms with Crippen molar-refractivity contribution < 1.29 is 19.2 Å². The van der Waals surface area contributed by atoms with Crippen molar-refractivity contribution in [3.8, 4) is 0 Å². The third-order valence-electron chi connectivity index (χ3n) is 3.60. The molecule has 2 aromatic carbocycles. The molecule has 0 aromatic heterocycles. The first kappa shape index (κ1) is 19.4. The first-order chi connectivity index (χ1) is 12.3. The largest absolute Gasteiger partial charge is 0.462 e. The fraction of sp³-hybridized carbons (Fsp3) is 0.222. The van der Waals surface area contributed by atoms with Crippen LogP contribution in [-0.2, 0) is 4.74 Å². The van der Waals surface area contributed by atoms with E-state index in [0.29, 0.717) is 5.02 Å². The minimum Gasteiger partial charge on any atom is -0.462 e. The van der Waals surface area contributed by atoms with E-state index in [1.54, 1.807) is 38.1 Å². The van der Waals surface area contributed by atoms with Crippen LogP contribution in [0, 0.1) is 10.1 Å². The van der Waals surface area contributed by atoms with Gasteiger partial charge in [0.15, 0.2) is 0 Å². The van der Waals surface area contributed by atoms with Crippen molar-refractivity contribution in [1.82, 2.24) is 5.32 Å². The van der Waals surface area contributed by atoms with Crippen LogP contribution in [0.4, 0.5) is 5.69 Å². The van der Waals surface area contributed by atoms with Crippen molar-refractivity contribution in [3.63, 3.8) is 0 Å². The van der Waals surface area contributed by atoms with Gasteiger partial charge in [-0.3, -0.25) is 14.9 Å². The second kappa shape index (κ2) is 8.44. The van der Waals surface area contributed by atoms with E-state index in [1.165, 1.54) is 6.07 Å². The number of hydrogen-bond donors (Lipinski definition) is 1. The molecule has 0 bridgehead atoms. The van der Waals surface area contributed by atoms with E-state index in [1.807, 2.05) is 0 Å². The topological polar surface area (TPSA) is 98.5 Å². The zero-order valence-electron chi connectivity index (χ0n) is 14.2. The molecule has 0 aliphatic rings. The van der Waals surface area contributed by atoms with Gasteiger partial charge < -0.3 is 10.1 Å². The van der Waals surface area contributed by atoms with Gasteiger partial charge in [-0.15, -0.1) is 0 Å². The summed E-state index contributed by atoms with van der Waals surface area (Å²) in [5, 5.41) is 14.4. The molecule has 1 amide bonds. The van der Waals surface area contributed by atoms with Gasteiger partial charge in [-0.05, 0) is 37.6 Å². The van der Waals surface area contributed by atoms with Crippen LogP contribution in [0.1, 0.15) is 46.2 Å². The van der Waals surface area contributed by atoms with Crippen molar-refractivity contribution in [1.29, 1.82) is 0 Å². The molecule has 0 aliphatic carbocycles. The van der Waals surface area contributed by atoms with Gasteiger partial charge in [-0.25, -0.2) is 4.79 Å². The van der Waals surface area contributed by atoms with Crippen LogP contribution in [0.2, 0.25) is 5.02 Å². The number of ether oxygens (including phenoxy) is 1. The van der Waals surface area contributed by atoms with Crippen LogP contribution in [0.3, 0.4) is 0 Å². The predicted octanol–water partition coefficient (Wildman–Crippen LogP) is 3.92. The standard InChI is InChI=1S/C18H17ClN2O5/c1-3-26-18(23)14-7-13(9-16(10-14)21(24)25)17(22)20-11(2)12-5-4-6-15(19)8-12/h4-11H,3H2,1-2H3,(H,20,22)/t11-/m1/s1. The van der Waals surface area contributed by atoms with Crippen LogP contribution in [0.25, 0.3) is 0 Å². The third-order valence-corrected chi connectivity index (χ3v) is 3.83. The number of halogens is 1. The van der Waals surface area contributed by atoms with Crippen molar-refractivity contribution in [2.24, 2.45) is 0 Å². The average molecular weight is 377 g/mol. The number of benzene rings is 2. The van der Waals surface area contributed by atoms with Crippen molar-refractivity contribution in [2.75, 3.05) is 6.61 Å². The number of nitrogens with one attached hydrogen (secondary N) is 1. The number of hydrogen-bond acceptors (Lipinski definition) is 5. The number of nitro benzene ring substituents is 1. The van der Waals surface area contributed by atoms with E-state index in [4.69, 9.17) is 16.3 Å². The van der Waals surface area contributed by atoms with Crippen LogP contribution in [0.15, 0.2) is 42.5 Å². The van der Waals surface area contributed by atoms with Gasteiger partial charge in [-0.2, -0.15) is 0 Å². The van der Waals surface area contributed by atoms with Gasteiger partial charge in [0.25, 0.3) is 11.6 Å². The van der Waals surface area contributed by atoms with Crippen molar-refractivity contribution >= 4 is 29.2 Å². The molecule has 1 atom stereocenters. The Morgan fingerprint density at radius 1 is 1.23 bits per heavy atom. The number of nitro groups is 1. The number of carbonyl (C=O) groups excluding carboxylic acids is 2. The molecule has 0 fully saturated rings. The average Bonchev–Trinajstić information content (AvgIpc) is 2.61. The molecule has 0 spiro atoms. The molecule has 0 heterocycles. The highest BCUT2D eigenvalue weighted by molar-refractivity contribution is 6.30. The number of rotatable bonds is 6. The molecule has 26 heavy (non-hydrogen) atoms. The van der Waals surface area contributed by atoms with Gasteiger partial charge in [-0.1, -0.05) is 23.7 Å². The number of esters is 1. The lowest BCUT2D eigenvalue weighted by atomic mass is 10.1. The fourth-order valence-corrected chi connectivity index (χ4v) is 2.52. The Bertz CT molecular complexity index is 853. The molecule has 2 aromatic rings. The maximum Gasteiger partial charge on any atom is 0.338 e. The highest BCUT2D eigenvalue weighted by Crippen LogP contribution is 2.21. The second-order valence-electron chi connectivity index (χ2n) is 5.50. The lowest BCUT2D eigenvalue weighted by Gasteiger charge is -2.15. The van der Waals surface area contributed by atoms with E-state index in [-0.39, 0.29) is 29.5 Å². The van der Waals surface area contributed by atoms with Crippen LogP contribution in [0.5, 0.6) is 0 Å². The van der Waals surface area contributed by atoms with E-state index in [0.717, 1.165) is 17.7 Å². The minimum absolute atomic E-state index is 0.00358. The maximum absolute atomic E-state index is 12.5. The lowest BCUT2D eigenvalue weighted by Crippen LogP contribution is -2.27. The zero-order valence-corrected chi connectivity index (χ0v) is 14.9. The molecular weight excluding hydrogens is 360 g/mol. The normalized spacial score (nSPS) is 11.5. The molecule has 136 valence electrons. The summed E-state index contributed by atoms with van der Waals surface area (Å²) in [4.78, 5) is 34.8. The Kier molecular flexibility index (Phi) is 6.30. The highest BCUT2D eigenvalue weighted by atomic mass is 35.5. The van der Waals surface area contributed by atoms with Crippen molar-refractivity contribution in [3.05, 3.63) is 74.3 Å². The molecule has 0 saturated heterocycles. The zero-order chi connectivity index (χ0) is 19.3. The lowest BCUT2D eigenvalue weighted by molar-refractivity contribution is -0.384. The number of non-ortho nitro benzene ring substituents is 1. The molecule has 0 radical (unpaired) electrons. The van der Waals surface area contributed by atoms with E-state index in [9.17, 15) is 19.7 Å². The monoisotopic (exact) mass is 376 g/mol. The fourth-order valence-electron chi connectivity index (χ4n) is 2.32. The highest BCUT2D eigenvalue weighted by Gasteiger charge is 2.20. The second-order valence-corrected chi connectivity index (χ2v) is 5.93. The van der Waals surface area contributed by atoms with Gasteiger partial charge >= 0.3 is 5.97 Å². The first-order valence-electron chi connectivity index (χ1n) is 7.84. The number of nitrogens with zero attached hydrogens (tertiary/aromatic N) is 1. The molecule has 0 saturated carbocycles. The Hall–Kier alpha value is -2.93. The molecule has 1 N–H and O–H groups in total. The molecule has 7 nitrogen and oxygen atoms in total. The Morgan fingerprint density at radius 2 is 1.92 bits per heavy atom. The summed E-state index contributed by atoms with van der Waals surface area (Å²) in [5.74, 6) is -1.28. The van der Waals surface area contributed by atoms with Crippen LogP contribution in [-0.4, -0.2) is 23.4 Å². The van der Waals surface area contributed by atoms with E-state index in [2.05, 4.69) is 5.32 Å². The predicted molar refractivity (Wildman–Crippen MR) is 96.4 cm³/mol. The summed E-state index contributed by atoms with van der Waals surface area (Å²) in [6, 6.07) is 10.1. The summed E-state index contributed by atoms with van der Waals surface area (Å²) in [5.41, 5.74) is 0.357. The van der Waals surface area contributed by atoms with Gasteiger partial charge in [0, 0.05) is 22.7 Å². The molecule has 0 unspecified atom stereocenters. The number of carbonyl (C=O) groups is 2. The van der Waals surface area contributed by atoms with E-state index < -0.39 is 16.8 Å².